The second-order valence-corrected chi connectivity index (χ2v) is 16.1. The summed E-state index contributed by atoms with van der Waals surface area (Å²) < 4.78 is 17.2. The number of benzene rings is 4. The van der Waals surface area contributed by atoms with Gasteiger partial charge in [0.15, 0.2) is 5.78 Å². The highest BCUT2D eigenvalue weighted by Gasteiger charge is 2.57. The molecule has 56 heavy (non-hydrogen) atoms. The van der Waals surface area contributed by atoms with Crippen LogP contribution in [0.5, 0.6) is 11.5 Å². The van der Waals surface area contributed by atoms with Gasteiger partial charge >= 0.3 is 0 Å². The summed E-state index contributed by atoms with van der Waals surface area (Å²) in [5.74, 6) is 1.17. The molecule has 8 nitrogen and oxygen atoms in total. The van der Waals surface area contributed by atoms with Crippen LogP contribution in [-0.2, 0) is 24.3 Å². The molecule has 8 heteroatoms. The van der Waals surface area contributed by atoms with Crippen molar-refractivity contribution in [3.8, 4) is 11.5 Å². The largest absolute Gasteiger partial charge is 0.497 e. The van der Waals surface area contributed by atoms with Gasteiger partial charge in [0.1, 0.15) is 11.5 Å². The fourth-order valence-corrected chi connectivity index (χ4v) is 8.96. The Balaban J connectivity index is 1.36. The topological polar surface area (TPSA) is 109 Å². The van der Waals surface area contributed by atoms with Crippen LogP contribution in [0, 0.1) is 5.41 Å². The van der Waals surface area contributed by atoms with Crippen molar-refractivity contribution in [3.05, 3.63) is 142 Å². The molecule has 0 spiro atoms. The van der Waals surface area contributed by atoms with E-state index in [1.54, 1.807) is 14.2 Å². The van der Waals surface area contributed by atoms with Crippen molar-refractivity contribution in [2.75, 3.05) is 33.9 Å². The van der Waals surface area contributed by atoms with E-state index in [4.69, 9.17) is 14.2 Å². The van der Waals surface area contributed by atoms with Gasteiger partial charge in [0.25, 0.3) is 0 Å². The van der Waals surface area contributed by atoms with Crippen LogP contribution < -0.4 is 9.47 Å². The lowest BCUT2D eigenvalue weighted by molar-refractivity contribution is -0.0924. The summed E-state index contributed by atoms with van der Waals surface area (Å²) in [6, 6.07) is 31.1. The number of aliphatic hydroxyl groups is 3. The predicted molar refractivity (Wildman–Crippen MR) is 220 cm³/mol. The maximum atomic E-state index is 14.4. The van der Waals surface area contributed by atoms with Gasteiger partial charge in [0, 0.05) is 47.8 Å². The summed E-state index contributed by atoms with van der Waals surface area (Å²) in [5.41, 5.74) is 4.46. The van der Waals surface area contributed by atoms with Gasteiger partial charge in [-0.2, -0.15) is 0 Å². The standard InChI is InChI=1S/C48H59NO7/c1-34-12-11-24-47(2)44(42-22-18-36(26-39(50)20-17-34)27-43(42)46(52)37-15-9-6-10-16-37)23-25-48(47,53)33-49(29-38-19-21-41(54-3)28-45(38)55-4)30-40(51)32-56-31-35-13-7-5-8-14-35/h5-10,12-16,18-19,21-22,27-28,39-40,44,50-51,53H,11,17,20,23-26,29-33H2,1-4H3. The van der Waals surface area contributed by atoms with Crippen molar-refractivity contribution in [3.63, 3.8) is 0 Å². The van der Waals surface area contributed by atoms with Gasteiger partial charge in [-0.25, -0.2) is 0 Å². The molecule has 3 aliphatic carbocycles. The molecule has 2 bridgehead atoms. The molecule has 4 aromatic rings. The number of ether oxygens (including phenoxy) is 3. The van der Waals surface area contributed by atoms with E-state index < -0.39 is 23.2 Å². The molecular formula is C48H59NO7. The molecule has 298 valence electrons. The van der Waals surface area contributed by atoms with Crippen molar-refractivity contribution in [2.45, 2.75) is 95.7 Å². The molecule has 3 aliphatic rings. The Morgan fingerprint density at radius 3 is 2.41 bits per heavy atom. The lowest BCUT2D eigenvalue weighted by atomic mass is 9.64. The van der Waals surface area contributed by atoms with E-state index in [1.165, 1.54) is 5.57 Å². The van der Waals surface area contributed by atoms with Gasteiger partial charge in [-0.1, -0.05) is 97.4 Å². The Hall–Kier alpha value is -4.31. The molecule has 1 fully saturated rings. The van der Waals surface area contributed by atoms with Gasteiger partial charge in [-0.3, -0.25) is 9.69 Å². The smallest absolute Gasteiger partial charge is 0.193 e. The third-order valence-electron chi connectivity index (χ3n) is 12.2. The van der Waals surface area contributed by atoms with Gasteiger partial charge in [0.2, 0.25) is 0 Å². The summed E-state index contributed by atoms with van der Waals surface area (Å²) in [5, 5.41) is 35.6. The van der Waals surface area contributed by atoms with Crippen LogP contribution in [0.15, 0.2) is 109 Å². The number of methoxy groups -OCH3 is 2. The van der Waals surface area contributed by atoms with Crippen molar-refractivity contribution in [1.82, 2.24) is 4.90 Å². The quantitative estimate of drug-likeness (QED) is 0.0876. The second kappa shape index (κ2) is 18.8. The third kappa shape index (κ3) is 9.79. The molecule has 0 aliphatic heterocycles. The van der Waals surface area contributed by atoms with E-state index in [0.29, 0.717) is 74.4 Å². The Morgan fingerprint density at radius 1 is 0.929 bits per heavy atom. The van der Waals surface area contributed by atoms with Crippen LogP contribution >= 0.6 is 0 Å². The molecule has 0 heterocycles. The summed E-state index contributed by atoms with van der Waals surface area (Å²) >= 11 is 0. The number of carbonyl (C=O) groups is 1. The van der Waals surface area contributed by atoms with Gasteiger partial charge in [-0.05, 0) is 86.6 Å². The Labute approximate surface area is 332 Å². The number of aliphatic hydroxyl groups excluding tert-OH is 2. The highest BCUT2D eigenvalue weighted by Crippen LogP contribution is 2.59. The number of rotatable bonds is 14. The molecule has 0 radical (unpaired) electrons. The van der Waals surface area contributed by atoms with E-state index in [1.807, 2.05) is 84.9 Å². The van der Waals surface area contributed by atoms with Gasteiger partial charge in [0.05, 0.1) is 45.2 Å². The van der Waals surface area contributed by atoms with Crippen molar-refractivity contribution < 1.29 is 34.3 Å². The van der Waals surface area contributed by atoms with E-state index in [0.717, 1.165) is 35.1 Å². The first-order valence-electron chi connectivity index (χ1n) is 20.0. The average Bonchev–Trinajstić information content (AvgIpc) is 3.45. The zero-order chi connectivity index (χ0) is 39.7. The van der Waals surface area contributed by atoms with Gasteiger partial charge < -0.3 is 29.5 Å². The number of hydrogen-bond acceptors (Lipinski definition) is 8. The van der Waals surface area contributed by atoms with Crippen LogP contribution in [0.25, 0.3) is 0 Å². The summed E-state index contributed by atoms with van der Waals surface area (Å²) in [7, 11) is 3.26. The number of fused-ring (bicyclic) bond motifs is 8. The molecule has 5 unspecified atom stereocenters. The number of hydrogen-bond donors (Lipinski definition) is 3. The molecule has 3 N–H and O–H groups in total. The highest BCUT2D eigenvalue weighted by atomic mass is 16.5. The SMILES string of the molecule is COc1ccc(CN(CC(O)COCc2ccccc2)CC2(O)CCC3c4ccc(cc4C(=O)c4ccccc4)CC(O)CCC(C)=CCCC32C)c(OC)c1. The number of nitrogens with zero attached hydrogens (tertiary/aromatic N) is 1. The monoisotopic (exact) mass is 761 g/mol. The maximum absolute atomic E-state index is 14.4. The van der Waals surface area contributed by atoms with Crippen LogP contribution in [0.3, 0.4) is 0 Å². The Bertz CT molecular complexity index is 1930. The molecule has 7 rings (SSSR count). The van der Waals surface area contributed by atoms with Crippen LogP contribution in [0.2, 0.25) is 0 Å². The fraction of sp³-hybridized carbons (Fsp3) is 0.438. The predicted octanol–water partition coefficient (Wildman–Crippen LogP) is 8.05. The molecular weight excluding hydrogens is 703 g/mol. The molecule has 4 aromatic carbocycles. The Morgan fingerprint density at radius 2 is 1.68 bits per heavy atom. The normalized spacial score (nSPS) is 23.2. The summed E-state index contributed by atoms with van der Waals surface area (Å²) in [6.45, 7) is 5.82. The minimum absolute atomic E-state index is 0.0515. The Kier molecular flexibility index (Phi) is 13.8. The number of carbonyl (C=O) groups excluding carboxylic acids is 1. The molecule has 0 amide bonds. The minimum Gasteiger partial charge on any atom is -0.497 e. The van der Waals surface area contributed by atoms with Crippen LogP contribution in [0.1, 0.15) is 96.5 Å². The molecule has 0 saturated heterocycles. The molecule has 5 atom stereocenters. The highest BCUT2D eigenvalue weighted by molar-refractivity contribution is 6.10. The molecule has 1 saturated carbocycles. The first kappa shape index (κ1) is 41.3. The molecule has 0 aromatic heterocycles. The summed E-state index contributed by atoms with van der Waals surface area (Å²) in [4.78, 5) is 16.5. The van der Waals surface area contributed by atoms with Crippen LogP contribution in [0.4, 0.5) is 0 Å². The lowest BCUT2D eigenvalue weighted by Gasteiger charge is -2.46. The van der Waals surface area contributed by atoms with E-state index >= 15 is 0 Å². The van der Waals surface area contributed by atoms with Crippen molar-refractivity contribution in [1.29, 1.82) is 0 Å². The van der Waals surface area contributed by atoms with E-state index in [2.05, 4.69) is 37.0 Å². The zero-order valence-corrected chi connectivity index (χ0v) is 33.5. The second-order valence-electron chi connectivity index (χ2n) is 16.1. The summed E-state index contributed by atoms with van der Waals surface area (Å²) in [6.07, 6.45) is 5.46. The minimum atomic E-state index is -1.18. The first-order valence-corrected chi connectivity index (χ1v) is 20.0. The lowest BCUT2D eigenvalue weighted by Crippen LogP contribution is -2.53. The third-order valence-corrected chi connectivity index (χ3v) is 12.2. The maximum Gasteiger partial charge on any atom is 0.193 e. The number of allylic oxidation sites excluding steroid dienone is 2. The fourth-order valence-electron chi connectivity index (χ4n) is 8.96. The van der Waals surface area contributed by atoms with Crippen molar-refractivity contribution >= 4 is 5.78 Å². The van der Waals surface area contributed by atoms with Crippen molar-refractivity contribution in [2.24, 2.45) is 5.41 Å². The average molecular weight is 762 g/mol. The number of ketones is 1. The van der Waals surface area contributed by atoms with Crippen LogP contribution in [-0.4, -0.2) is 77.7 Å². The van der Waals surface area contributed by atoms with E-state index in [-0.39, 0.29) is 24.9 Å². The zero-order valence-electron chi connectivity index (χ0n) is 33.5. The van der Waals surface area contributed by atoms with Gasteiger partial charge in [-0.15, -0.1) is 0 Å². The van der Waals surface area contributed by atoms with E-state index in [9.17, 15) is 20.1 Å². The first-order chi connectivity index (χ1) is 27.0.